The summed E-state index contributed by atoms with van der Waals surface area (Å²) in [6.07, 6.45) is 1.00. The van der Waals surface area contributed by atoms with Crippen molar-refractivity contribution in [3.63, 3.8) is 0 Å². The summed E-state index contributed by atoms with van der Waals surface area (Å²) in [7, 11) is 0. The van der Waals surface area contributed by atoms with Crippen LogP contribution in [0.5, 0.6) is 0 Å². The monoisotopic (exact) mass is 267 g/mol. The highest BCUT2D eigenvalue weighted by atomic mass is 19.1. The fourth-order valence-electron chi connectivity index (χ4n) is 1.74. The number of aliphatic carboxylic acids is 1. The van der Waals surface area contributed by atoms with Crippen molar-refractivity contribution in [3.8, 4) is 0 Å². The molecule has 1 fully saturated rings. The minimum atomic E-state index is -1.22. The van der Waals surface area contributed by atoms with Gasteiger partial charge < -0.3 is 15.3 Å². The van der Waals surface area contributed by atoms with Gasteiger partial charge in [-0.15, -0.1) is 0 Å². The van der Waals surface area contributed by atoms with Crippen LogP contribution >= 0.6 is 0 Å². The lowest BCUT2D eigenvalue weighted by Gasteiger charge is -2.32. The van der Waals surface area contributed by atoms with Crippen molar-refractivity contribution in [2.24, 2.45) is 0 Å². The van der Waals surface area contributed by atoms with Gasteiger partial charge in [0.05, 0.1) is 5.56 Å². The van der Waals surface area contributed by atoms with Crippen LogP contribution in [-0.2, 0) is 9.59 Å². The topological polar surface area (TPSA) is 99.6 Å². The van der Waals surface area contributed by atoms with E-state index in [0.29, 0.717) is 0 Å². The largest absolute Gasteiger partial charge is 0.480 e. The first-order valence-corrected chi connectivity index (χ1v) is 5.41. The first kappa shape index (κ1) is 12.9. The quantitative estimate of drug-likeness (QED) is 0.686. The second-order valence-corrected chi connectivity index (χ2v) is 3.96. The zero-order valence-electron chi connectivity index (χ0n) is 9.67. The molecule has 2 heterocycles. The zero-order valence-corrected chi connectivity index (χ0v) is 9.67. The van der Waals surface area contributed by atoms with Gasteiger partial charge in [0.15, 0.2) is 0 Å². The number of pyridine rings is 1. The summed E-state index contributed by atoms with van der Waals surface area (Å²) in [6, 6.07) is 1.04. The standard InChI is InChI=1S/C11H10FN3O4/c12-8-2-1-6(3-13-8)10(17)15-5-9(16)14-4-7(15)11(18)19/h1-3,7H,4-5H2,(H,14,16)(H,18,19). The highest BCUT2D eigenvalue weighted by molar-refractivity contribution is 5.99. The number of hydrogen-bond donors (Lipinski definition) is 2. The molecule has 1 atom stereocenters. The molecule has 7 nitrogen and oxygen atoms in total. The van der Waals surface area contributed by atoms with E-state index in [1.54, 1.807) is 0 Å². The number of nitrogens with one attached hydrogen (secondary N) is 1. The van der Waals surface area contributed by atoms with Crippen molar-refractivity contribution >= 4 is 17.8 Å². The number of halogens is 1. The van der Waals surface area contributed by atoms with Crippen molar-refractivity contribution in [1.82, 2.24) is 15.2 Å². The zero-order chi connectivity index (χ0) is 14.0. The Morgan fingerprint density at radius 1 is 1.47 bits per heavy atom. The van der Waals surface area contributed by atoms with E-state index in [1.165, 1.54) is 6.07 Å². The minimum absolute atomic E-state index is 0.0300. The van der Waals surface area contributed by atoms with Crippen molar-refractivity contribution in [2.75, 3.05) is 13.1 Å². The maximum atomic E-state index is 12.7. The van der Waals surface area contributed by atoms with Gasteiger partial charge in [0, 0.05) is 12.7 Å². The van der Waals surface area contributed by atoms with Gasteiger partial charge in [0.25, 0.3) is 5.91 Å². The van der Waals surface area contributed by atoms with Gasteiger partial charge in [0.1, 0.15) is 12.6 Å². The average Bonchev–Trinajstić information content (AvgIpc) is 2.38. The molecule has 2 amide bonds. The third-order valence-electron chi connectivity index (χ3n) is 2.70. The Morgan fingerprint density at radius 3 is 2.79 bits per heavy atom. The van der Waals surface area contributed by atoms with Crippen LogP contribution in [0.1, 0.15) is 10.4 Å². The van der Waals surface area contributed by atoms with E-state index in [4.69, 9.17) is 5.11 Å². The molecule has 0 spiro atoms. The molecule has 1 aliphatic heterocycles. The molecular formula is C11H10FN3O4. The number of hydrogen-bond acceptors (Lipinski definition) is 4. The van der Waals surface area contributed by atoms with Crippen molar-refractivity contribution in [1.29, 1.82) is 0 Å². The maximum Gasteiger partial charge on any atom is 0.328 e. The van der Waals surface area contributed by atoms with Crippen LogP contribution in [0.15, 0.2) is 18.3 Å². The van der Waals surface area contributed by atoms with Crippen molar-refractivity contribution < 1.29 is 23.9 Å². The van der Waals surface area contributed by atoms with Gasteiger partial charge in [-0.25, -0.2) is 9.78 Å². The fourth-order valence-corrected chi connectivity index (χ4v) is 1.74. The third-order valence-corrected chi connectivity index (χ3v) is 2.70. The van der Waals surface area contributed by atoms with E-state index in [2.05, 4.69) is 10.3 Å². The Hall–Kier alpha value is -2.51. The normalized spacial score (nSPS) is 18.9. The second kappa shape index (κ2) is 5.01. The van der Waals surface area contributed by atoms with Crippen LogP contribution in [0.25, 0.3) is 0 Å². The number of carbonyl (C=O) groups excluding carboxylic acids is 2. The number of aromatic nitrogens is 1. The highest BCUT2D eigenvalue weighted by Crippen LogP contribution is 2.11. The molecule has 2 rings (SSSR count). The van der Waals surface area contributed by atoms with Crippen LogP contribution in [0.4, 0.5) is 4.39 Å². The molecule has 1 unspecified atom stereocenters. The Bertz CT molecular complexity index is 531. The highest BCUT2D eigenvalue weighted by Gasteiger charge is 2.35. The summed E-state index contributed by atoms with van der Waals surface area (Å²) < 4.78 is 12.7. The number of amides is 2. The Balaban J connectivity index is 2.26. The van der Waals surface area contributed by atoms with Crippen molar-refractivity contribution in [3.05, 3.63) is 29.8 Å². The Kier molecular flexibility index (Phi) is 3.41. The van der Waals surface area contributed by atoms with E-state index in [0.717, 1.165) is 17.2 Å². The van der Waals surface area contributed by atoms with Crippen LogP contribution in [0.2, 0.25) is 0 Å². The molecule has 1 aromatic heterocycles. The van der Waals surface area contributed by atoms with Gasteiger partial charge in [0.2, 0.25) is 11.9 Å². The van der Waals surface area contributed by atoms with E-state index in [9.17, 15) is 18.8 Å². The van der Waals surface area contributed by atoms with Gasteiger partial charge in [-0.2, -0.15) is 4.39 Å². The maximum absolute atomic E-state index is 12.7. The number of carboxylic acid groups (broad SMARTS) is 1. The van der Waals surface area contributed by atoms with Gasteiger partial charge >= 0.3 is 5.97 Å². The molecule has 0 aliphatic carbocycles. The number of carboxylic acids is 1. The summed E-state index contributed by atoms with van der Waals surface area (Å²) >= 11 is 0. The van der Waals surface area contributed by atoms with E-state index >= 15 is 0 Å². The first-order chi connectivity index (χ1) is 8.99. The lowest BCUT2D eigenvalue weighted by Crippen LogP contribution is -2.59. The predicted molar refractivity (Wildman–Crippen MR) is 59.7 cm³/mol. The van der Waals surface area contributed by atoms with E-state index in [-0.39, 0.29) is 18.7 Å². The fraction of sp³-hybridized carbons (Fsp3) is 0.273. The lowest BCUT2D eigenvalue weighted by molar-refractivity contribution is -0.144. The Morgan fingerprint density at radius 2 is 2.21 bits per heavy atom. The molecule has 0 radical (unpaired) electrons. The molecule has 1 saturated heterocycles. The van der Waals surface area contributed by atoms with Gasteiger partial charge in [-0.1, -0.05) is 0 Å². The summed E-state index contributed by atoms with van der Waals surface area (Å²) in [5.41, 5.74) is 0.0300. The second-order valence-electron chi connectivity index (χ2n) is 3.96. The molecule has 19 heavy (non-hydrogen) atoms. The SMILES string of the molecule is O=C1CN(C(=O)c2ccc(F)nc2)C(C(=O)O)CN1. The van der Waals surface area contributed by atoms with E-state index < -0.39 is 29.8 Å². The molecule has 8 heteroatoms. The first-order valence-electron chi connectivity index (χ1n) is 5.41. The molecular weight excluding hydrogens is 257 g/mol. The Labute approximate surface area is 107 Å². The number of nitrogens with zero attached hydrogens (tertiary/aromatic N) is 2. The predicted octanol–water partition coefficient (Wildman–Crippen LogP) is -0.754. The number of carbonyl (C=O) groups is 3. The van der Waals surface area contributed by atoms with E-state index in [1.807, 2.05) is 0 Å². The van der Waals surface area contributed by atoms with Crippen molar-refractivity contribution in [2.45, 2.75) is 6.04 Å². The average molecular weight is 267 g/mol. The summed E-state index contributed by atoms with van der Waals surface area (Å²) in [5, 5.41) is 11.4. The van der Waals surface area contributed by atoms with Gasteiger partial charge in [-0.3, -0.25) is 9.59 Å². The number of rotatable bonds is 2. The summed E-state index contributed by atoms with van der Waals surface area (Å²) in [6.45, 7) is -0.512. The molecule has 1 aliphatic rings. The number of piperazine rings is 1. The minimum Gasteiger partial charge on any atom is -0.480 e. The third kappa shape index (κ3) is 2.67. The van der Waals surface area contributed by atoms with Crippen LogP contribution in [0.3, 0.4) is 0 Å². The summed E-state index contributed by atoms with van der Waals surface area (Å²) in [5.74, 6) is -3.08. The lowest BCUT2D eigenvalue weighted by atomic mass is 10.1. The van der Waals surface area contributed by atoms with Gasteiger partial charge in [-0.05, 0) is 12.1 Å². The molecule has 1 aromatic rings. The van der Waals surface area contributed by atoms with Crippen LogP contribution < -0.4 is 5.32 Å². The smallest absolute Gasteiger partial charge is 0.328 e. The summed E-state index contributed by atoms with van der Waals surface area (Å²) in [4.78, 5) is 38.6. The van der Waals surface area contributed by atoms with Crippen LogP contribution in [-0.4, -0.2) is 51.9 Å². The molecule has 2 N–H and O–H groups in total. The molecule has 0 saturated carbocycles. The molecule has 100 valence electrons. The molecule has 0 aromatic carbocycles. The molecule has 0 bridgehead atoms. The van der Waals surface area contributed by atoms with Crippen LogP contribution in [0, 0.1) is 5.95 Å².